The van der Waals surface area contributed by atoms with Crippen LogP contribution in [0.4, 0.5) is 0 Å². The quantitative estimate of drug-likeness (QED) is 0.489. The third-order valence-electron chi connectivity index (χ3n) is 1.30. The summed E-state index contributed by atoms with van der Waals surface area (Å²) in [5.41, 5.74) is 0. The van der Waals surface area contributed by atoms with Gasteiger partial charge >= 0.3 is 5.97 Å². The van der Waals surface area contributed by atoms with Crippen molar-refractivity contribution in [2.24, 2.45) is 0 Å². The maximum absolute atomic E-state index is 10.8. The zero-order valence-electron chi connectivity index (χ0n) is 5.07. The van der Waals surface area contributed by atoms with Gasteiger partial charge in [0, 0.05) is 6.54 Å². The minimum atomic E-state index is -3.40. The molecule has 1 aliphatic rings. The second-order valence-corrected chi connectivity index (χ2v) is 4.24. The molecule has 1 atom stereocenters. The lowest BCUT2D eigenvalue weighted by atomic mass is 10.6. The number of carboxylic acid groups (broad SMARTS) is 1. The standard InChI is InChI=1S/C4H7NO4S/c6-4(7)3-5-1-2-10(3,8)9/h3,5H,1-2H2,(H,6,7). The maximum atomic E-state index is 10.8. The van der Waals surface area contributed by atoms with Gasteiger partial charge in [-0.05, 0) is 0 Å². The van der Waals surface area contributed by atoms with E-state index < -0.39 is 21.2 Å². The van der Waals surface area contributed by atoms with Crippen molar-refractivity contribution in [1.82, 2.24) is 5.32 Å². The molecule has 1 rings (SSSR count). The summed E-state index contributed by atoms with van der Waals surface area (Å²) < 4.78 is 21.5. The van der Waals surface area contributed by atoms with Crippen molar-refractivity contribution in [3.05, 3.63) is 0 Å². The van der Waals surface area contributed by atoms with E-state index in [2.05, 4.69) is 5.32 Å². The van der Waals surface area contributed by atoms with Gasteiger partial charge in [0.25, 0.3) is 0 Å². The van der Waals surface area contributed by atoms with Crippen molar-refractivity contribution in [2.75, 3.05) is 12.3 Å². The SMILES string of the molecule is O=C(O)C1NCCS1(=O)=O. The first-order valence-corrected chi connectivity index (χ1v) is 4.43. The molecule has 0 aromatic heterocycles. The summed E-state index contributed by atoms with van der Waals surface area (Å²) in [6.45, 7) is 0.235. The van der Waals surface area contributed by atoms with E-state index in [0.717, 1.165) is 0 Å². The number of carbonyl (C=O) groups is 1. The molecule has 0 spiro atoms. The van der Waals surface area contributed by atoms with Gasteiger partial charge in [0.15, 0.2) is 9.84 Å². The molecule has 58 valence electrons. The van der Waals surface area contributed by atoms with Crippen LogP contribution in [-0.2, 0) is 14.6 Å². The highest BCUT2D eigenvalue weighted by Gasteiger charge is 2.36. The van der Waals surface area contributed by atoms with Gasteiger partial charge in [-0.3, -0.25) is 5.32 Å². The van der Waals surface area contributed by atoms with Gasteiger partial charge in [-0.2, -0.15) is 0 Å². The second kappa shape index (κ2) is 2.21. The molecule has 1 aliphatic heterocycles. The first kappa shape index (κ1) is 7.49. The highest BCUT2D eigenvalue weighted by atomic mass is 32.2. The van der Waals surface area contributed by atoms with Gasteiger partial charge in [-0.1, -0.05) is 0 Å². The Morgan fingerprint density at radius 1 is 1.60 bits per heavy atom. The van der Waals surface area contributed by atoms with Gasteiger partial charge in [-0.15, -0.1) is 0 Å². The Morgan fingerprint density at radius 3 is 2.40 bits per heavy atom. The lowest BCUT2D eigenvalue weighted by molar-refractivity contribution is -0.136. The van der Waals surface area contributed by atoms with Crippen LogP contribution >= 0.6 is 0 Å². The topological polar surface area (TPSA) is 83.5 Å². The number of aliphatic carboxylic acids is 1. The fraction of sp³-hybridized carbons (Fsp3) is 0.750. The van der Waals surface area contributed by atoms with E-state index >= 15 is 0 Å². The maximum Gasteiger partial charge on any atom is 0.336 e. The van der Waals surface area contributed by atoms with Crippen LogP contribution < -0.4 is 5.32 Å². The predicted octanol–water partition coefficient (Wildman–Crippen LogP) is -1.58. The van der Waals surface area contributed by atoms with Crippen LogP contribution in [0.15, 0.2) is 0 Å². The van der Waals surface area contributed by atoms with Crippen LogP contribution in [0.3, 0.4) is 0 Å². The van der Waals surface area contributed by atoms with E-state index in [-0.39, 0.29) is 12.3 Å². The van der Waals surface area contributed by atoms with Gasteiger partial charge in [-0.25, -0.2) is 13.2 Å². The Kier molecular flexibility index (Phi) is 1.65. The van der Waals surface area contributed by atoms with E-state index in [4.69, 9.17) is 5.11 Å². The number of hydrogen-bond acceptors (Lipinski definition) is 4. The zero-order valence-corrected chi connectivity index (χ0v) is 5.89. The average molecular weight is 165 g/mol. The molecular weight excluding hydrogens is 158 g/mol. The number of rotatable bonds is 1. The van der Waals surface area contributed by atoms with Gasteiger partial charge < -0.3 is 5.11 Å². The van der Waals surface area contributed by atoms with E-state index in [1.165, 1.54) is 0 Å². The van der Waals surface area contributed by atoms with Crippen molar-refractivity contribution in [2.45, 2.75) is 5.37 Å². The Hall–Kier alpha value is -0.620. The predicted molar refractivity (Wildman–Crippen MR) is 33.2 cm³/mol. The summed E-state index contributed by atoms with van der Waals surface area (Å²) in [4.78, 5) is 10.2. The number of carboxylic acids is 1. The fourth-order valence-corrected chi connectivity index (χ4v) is 2.14. The Labute approximate surface area is 58.0 Å². The van der Waals surface area contributed by atoms with Crippen molar-refractivity contribution in [3.63, 3.8) is 0 Å². The molecule has 1 fully saturated rings. The summed E-state index contributed by atoms with van der Waals surface area (Å²) in [6, 6.07) is 0. The number of hydrogen-bond donors (Lipinski definition) is 2. The third-order valence-corrected chi connectivity index (χ3v) is 3.16. The van der Waals surface area contributed by atoms with Crippen molar-refractivity contribution in [1.29, 1.82) is 0 Å². The van der Waals surface area contributed by atoms with Gasteiger partial charge in [0.1, 0.15) is 0 Å². The number of sulfone groups is 1. The van der Waals surface area contributed by atoms with E-state index in [9.17, 15) is 13.2 Å². The third kappa shape index (κ3) is 1.12. The molecule has 0 saturated carbocycles. The largest absolute Gasteiger partial charge is 0.479 e. The molecule has 0 aliphatic carbocycles. The first-order chi connectivity index (χ1) is 4.54. The van der Waals surface area contributed by atoms with Crippen LogP contribution in [0, 0.1) is 0 Å². The summed E-state index contributed by atoms with van der Waals surface area (Å²) in [5, 5.41) is 9.28. The highest BCUT2D eigenvalue weighted by Crippen LogP contribution is 2.05. The average Bonchev–Trinajstić information content (AvgIpc) is 2.08. The second-order valence-electron chi connectivity index (χ2n) is 2.04. The van der Waals surface area contributed by atoms with Crippen LogP contribution in [0.2, 0.25) is 0 Å². The van der Waals surface area contributed by atoms with Crippen LogP contribution in [0.1, 0.15) is 0 Å². The van der Waals surface area contributed by atoms with Crippen LogP contribution in [0.5, 0.6) is 0 Å². The molecule has 10 heavy (non-hydrogen) atoms. The molecule has 0 amide bonds. The smallest absolute Gasteiger partial charge is 0.336 e. The Morgan fingerprint density at radius 2 is 2.20 bits per heavy atom. The van der Waals surface area contributed by atoms with Gasteiger partial charge in [0.2, 0.25) is 5.37 Å². The minimum absolute atomic E-state index is 0.0794. The zero-order chi connectivity index (χ0) is 7.78. The monoisotopic (exact) mass is 165 g/mol. The highest BCUT2D eigenvalue weighted by molar-refractivity contribution is 7.93. The molecule has 1 heterocycles. The molecule has 1 unspecified atom stereocenters. The van der Waals surface area contributed by atoms with E-state index in [1.54, 1.807) is 0 Å². The normalized spacial score (nSPS) is 30.2. The molecule has 6 heteroatoms. The van der Waals surface area contributed by atoms with Crippen molar-refractivity contribution >= 4 is 15.8 Å². The summed E-state index contributed by atoms with van der Waals surface area (Å²) in [7, 11) is -3.40. The van der Waals surface area contributed by atoms with Crippen LogP contribution in [-0.4, -0.2) is 37.2 Å². The minimum Gasteiger partial charge on any atom is -0.479 e. The molecular formula is C4H7NO4S. The summed E-state index contributed by atoms with van der Waals surface area (Å²) in [5.74, 6) is -1.40. The van der Waals surface area contributed by atoms with Crippen LogP contribution in [0.25, 0.3) is 0 Å². The van der Waals surface area contributed by atoms with Gasteiger partial charge in [0.05, 0.1) is 5.75 Å². The number of nitrogens with one attached hydrogen (secondary N) is 1. The molecule has 5 nitrogen and oxygen atoms in total. The Bertz CT molecular complexity index is 244. The molecule has 0 aromatic rings. The summed E-state index contributed by atoms with van der Waals surface area (Å²) in [6.07, 6.45) is 0. The van der Waals surface area contributed by atoms with Crippen molar-refractivity contribution < 1.29 is 18.3 Å². The fourth-order valence-electron chi connectivity index (χ4n) is 0.818. The van der Waals surface area contributed by atoms with Crippen molar-refractivity contribution in [3.8, 4) is 0 Å². The molecule has 0 radical (unpaired) electrons. The summed E-state index contributed by atoms with van der Waals surface area (Å²) >= 11 is 0. The molecule has 2 N–H and O–H groups in total. The van der Waals surface area contributed by atoms with E-state index in [0.29, 0.717) is 0 Å². The molecule has 0 bridgehead atoms. The molecule has 0 aromatic carbocycles. The molecule has 1 saturated heterocycles. The lowest BCUT2D eigenvalue weighted by Crippen LogP contribution is -2.35. The Balaban J connectivity index is 2.90. The van der Waals surface area contributed by atoms with E-state index in [1.807, 2.05) is 0 Å². The first-order valence-electron chi connectivity index (χ1n) is 2.72. The lowest BCUT2D eigenvalue weighted by Gasteiger charge is -2.00.